The first-order valence-electron chi connectivity index (χ1n) is 6.04. The minimum Gasteiger partial charge on any atom is -0.366 e. The van der Waals surface area contributed by atoms with Gasteiger partial charge in [-0.2, -0.15) is 0 Å². The van der Waals surface area contributed by atoms with Gasteiger partial charge in [-0.05, 0) is 18.2 Å². The van der Waals surface area contributed by atoms with E-state index in [4.69, 9.17) is 5.73 Å². The molecule has 4 nitrogen and oxygen atoms in total. The molecule has 0 fully saturated rings. The Morgan fingerprint density at radius 1 is 1.16 bits per heavy atom. The lowest BCUT2D eigenvalue weighted by molar-refractivity contribution is -0.114. The van der Waals surface area contributed by atoms with Gasteiger partial charge in [-0.15, -0.1) is 0 Å². The van der Waals surface area contributed by atoms with Crippen LogP contribution in [0.4, 0.5) is 11.5 Å². The summed E-state index contributed by atoms with van der Waals surface area (Å²) in [5.74, 6) is 0.453. The van der Waals surface area contributed by atoms with Crippen molar-refractivity contribution in [2.75, 3.05) is 4.90 Å². The summed E-state index contributed by atoms with van der Waals surface area (Å²) < 4.78 is 0. The van der Waals surface area contributed by atoms with E-state index in [-0.39, 0.29) is 0 Å². The van der Waals surface area contributed by atoms with Crippen LogP contribution >= 0.6 is 0 Å². The number of nitrogens with two attached hydrogens (primary N) is 1. The van der Waals surface area contributed by atoms with Crippen molar-refractivity contribution in [2.24, 2.45) is 5.73 Å². The second-order valence-corrected chi connectivity index (χ2v) is 4.39. The number of fused-ring (bicyclic) bond motifs is 1. The van der Waals surface area contributed by atoms with Crippen LogP contribution in [0.3, 0.4) is 0 Å². The van der Waals surface area contributed by atoms with E-state index in [1.807, 2.05) is 47.4 Å². The summed E-state index contributed by atoms with van der Waals surface area (Å²) in [6, 6.07) is 13.6. The highest BCUT2D eigenvalue weighted by Crippen LogP contribution is 2.32. The summed E-state index contributed by atoms with van der Waals surface area (Å²) in [7, 11) is 0. The fourth-order valence-electron chi connectivity index (χ4n) is 2.19. The zero-order valence-corrected chi connectivity index (χ0v) is 10.3. The Morgan fingerprint density at radius 3 is 2.68 bits per heavy atom. The van der Waals surface area contributed by atoms with Gasteiger partial charge in [0, 0.05) is 35.6 Å². The average Bonchev–Trinajstić information content (AvgIpc) is 2.47. The molecule has 0 atom stereocenters. The van der Waals surface area contributed by atoms with Crippen molar-refractivity contribution in [2.45, 2.75) is 6.42 Å². The number of carbonyl (C=O) groups excluding carboxylic acids is 1. The summed E-state index contributed by atoms with van der Waals surface area (Å²) >= 11 is 0. The van der Waals surface area contributed by atoms with Gasteiger partial charge >= 0.3 is 0 Å². The van der Waals surface area contributed by atoms with Crippen LogP contribution in [0.25, 0.3) is 0 Å². The molecule has 0 aliphatic carbocycles. The van der Waals surface area contributed by atoms with Gasteiger partial charge in [0.25, 0.3) is 0 Å². The highest BCUT2D eigenvalue weighted by atomic mass is 16.1. The molecule has 0 unspecified atom stereocenters. The Morgan fingerprint density at radius 2 is 1.95 bits per heavy atom. The Balaban J connectivity index is 2.13. The molecule has 2 aromatic rings. The highest BCUT2D eigenvalue weighted by molar-refractivity contribution is 5.94. The number of hydrogen-bond donors (Lipinski definition) is 1. The van der Waals surface area contributed by atoms with Crippen LogP contribution < -0.4 is 10.6 Å². The summed E-state index contributed by atoms with van der Waals surface area (Å²) in [6.07, 6.45) is 4.05. The molecule has 94 valence electrons. The molecular formula is C15H13N3O. The third-order valence-corrected chi connectivity index (χ3v) is 3.11. The fourth-order valence-corrected chi connectivity index (χ4v) is 2.19. The topological polar surface area (TPSA) is 59.2 Å². The summed E-state index contributed by atoms with van der Waals surface area (Å²) in [5, 5.41) is 0. The van der Waals surface area contributed by atoms with E-state index >= 15 is 0 Å². The Labute approximate surface area is 111 Å². The van der Waals surface area contributed by atoms with Gasteiger partial charge in [-0.1, -0.05) is 24.3 Å². The van der Waals surface area contributed by atoms with Crippen LogP contribution in [0.15, 0.2) is 60.4 Å². The second kappa shape index (κ2) is 4.57. The number of carbonyl (C=O) groups is 1. The molecular weight excluding hydrogens is 238 g/mol. The van der Waals surface area contributed by atoms with Crippen molar-refractivity contribution < 1.29 is 4.79 Å². The van der Waals surface area contributed by atoms with E-state index in [2.05, 4.69) is 4.98 Å². The smallest absolute Gasteiger partial charge is 0.246 e. The van der Waals surface area contributed by atoms with Crippen molar-refractivity contribution >= 4 is 17.4 Å². The van der Waals surface area contributed by atoms with Crippen molar-refractivity contribution in [1.82, 2.24) is 4.98 Å². The number of hydrogen-bond acceptors (Lipinski definition) is 3. The zero-order chi connectivity index (χ0) is 13.2. The molecule has 4 heteroatoms. The number of pyridine rings is 1. The standard InChI is InChI=1S/C15H13N3O/c16-14(19)12-9-11-5-4-8-17-15(11)18(10-12)13-6-2-1-3-7-13/h1-8,10H,9H2,(H2,16,19). The Bertz CT molecular complexity index is 649. The number of rotatable bonds is 2. The molecule has 1 amide bonds. The maximum absolute atomic E-state index is 11.4. The lowest BCUT2D eigenvalue weighted by Gasteiger charge is -2.27. The van der Waals surface area contributed by atoms with E-state index < -0.39 is 5.91 Å². The van der Waals surface area contributed by atoms with E-state index in [0.717, 1.165) is 17.1 Å². The van der Waals surface area contributed by atoms with Crippen LogP contribution in [0, 0.1) is 0 Å². The maximum Gasteiger partial charge on any atom is 0.246 e. The number of amides is 1. The summed E-state index contributed by atoms with van der Waals surface area (Å²) in [5.41, 5.74) is 7.96. The van der Waals surface area contributed by atoms with Gasteiger partial charge in [0.05, 0.1) is 0 Å². The maximum atomic E-state index is 11.4. The molecule has 0 saturated carbocycles. The third-order valence-electron chi connectivity index (χ3n) is 3.11. The second-order valence-electron chi connectivity index (χ2n) is 4.39. The predicted octanol–water partition coefficient (Wildman–Crippen LogP) is 2.15. The molecule has 1 aromatic heterocycles. The molecule has 0 radical (unpaired) electrons. The van der Waals surface area contributed by atoms with Gasteiger partial charge < -0.3 is 10.6 Å². The minimum atomic E-state index is -0.393. The van der Waals surface area contributed by atoms with Gasteiger partial charge in [0.15, 0.2) is 0 Å². The van der Waals surface area contributed by atoms with Crippen LogP contribution in [-0.4, -0.2) is 10.9 Å². The van der Waals surface area contributed by atoms with Crippen molar-refractivity contribution in [1.29, 1.82) is 0 Å². The van der Waals surface area contributed by atoms with Gasteiger partial charge in [-0.25, -0.2) is 4.98 Å². The van der Waals surface area contributed by atoms with Crippen LogP contribution in [0.5, 0.6) is 0 Å². The molecule has 0 saturated heterocycles. The number of nitrogens with zero attached hydrogens (tertiary/aromatic N) is 2. The number of aromatic nitrogens is 1. The van der Waals surface area contributed by atoms with Gasteiger partial charge in [-0.3, -0.25) is 4.79 Å². The SMILES string of the molecule is NC(=O)C1=CN(c2ccccc2)c2ncccc2C1. The molecule has 2 N–H and O–H groups in total. The third kappa shape index (κ3) is 2.08. The van der Waals surface area contributed by atoms with Crippen molar-refractivity contribution in [3.05, 3.63) is 66.0 Å². The first-order chi connectivity index (χ1) is 9.25. The van der Waals surface area contributed by atoms with E-state index in [1.165, 1.54) is 0 Å². The predicted molar refractivity (Wildman–Crippen MR) is 73.8 cm³/mol. The Hall–Kier alpha value is -2.62. The summed E-state index contributed by atoms with van der Waals surface area (Å²) in [6.45, 7) is 0. The van der Waals surface area contributed by atoms with E-state index in [0.29, 0.717) is 12.0 Å². The quantitative estimate of drug-likeness (QED) is 0.889. The van der Waals surface area contributed by atoms with Crippen LogP contribution in [0.2, 0.25) is 0 Å². The molecule has 19 heavy (non-hydrogen) atoms. The first-order valence-corrected chi connectivity index (χ1v) is 6.04. The van der Waals surface area contributed by atoms with Crippen molar-refractivity contribution in [3.63, 3.8) is 0 Å². The lowest BCUT2D eigenvalue weighted by Crippen LogP contribution is -2.25. The van der Waals surface area contributed by atoms with Gasteiger partial charge in [0.2, 0.25) is 5.91 Å². The average molecular weight is 251 g/mol. The number of para-hydroxylation sites is 1. The first kappa shape index (κ1) is 11.5. The largest absolute Gasteiger partial charge is 0.366 e. The Kier molecular flexibility index (Phi) is 2.76. The van der Waals surface area contributed by atoms with E-state index in [1.54, 1.807) is 12.4 Å². The van der Waals surface area contributed by atoms with E-state index in [9.17, 15) is 4.79 Å². The monoisotopic (exact) mass is 251 g/mol. The van der Waals surface area contributed by atoms with Crippen molar-refractivity contribution in [3.8, 4) is 0 Å². The van der Waals surface area contributed by atoms with Gasteiger partial charge in [0.1, 0.15) is 5.82 Å². The zero-order valence-electron chi connectivity index (χ0n) is 10.3. The molecule has 1 aromatic carbocycles. The molecule has 1 aliphatic heterocycles. The number of primary amides is 1. The molecule has 3 rings (SSSR count). The van der Waals surface area contributed by atoms with Crippen LogP contribution in [-0.2, 0) is 11.2 Å². The highest BCUT2D eigenvalue weighted by Gasteiger charge is 2.21. The molecule has 2 heterocycles. The summed E-state index contributed by atoms with van der Waals surface area (Å²) in [4.78, 5) is 17.7. The molecule has 0 spiro atoms. The number of anilines is 2. The molecule has 0 bridgehead atoms. The van der Waals surface area contributed by atoms with Crippen LogP contribution in [0.1, 0.15) is 5.56 Å². The minimum absolute atomic E-state index is 0.393. The normalized spacial score (nSPS) is 13.7. The number of benzene rings is 1. The lowest BCUT2D eigenvalue weighted by atomic mass is 10.0. The molecule has 1 aliphatic rings. The fraction of sp³-hybridized carbons (Fsp3) is 0.0667.